The van der Waals surface area contributed by atoms with E-state index in [0.717, 1.165) is 38.1 Å². The Balaban J connectivity index is 1.80. The number of hydrogen-bond acceptors (Lipinski definition) is 3. The summed E-state index contributed by atoms with van der Waals surface area (Å²) in [5.41, 5.74) is 6.09. The molecular weight excluding hydrogens is 234 g/mol. The molecule has 1 saturated heterocycles. The van der Waals surface area contributed by atoms with Gasteiger partial charge in [-0.05, 0) is 56.0 Å². The van der Waals surface area contributed by atoms with Gasteiger partial charge in [-0.1, -0.05) is 27.2 Å². The van der Waals surface area contributed by atoms with Crippen LogP contribution in [-0.4, -0.2) is 30.1 Å². The van der Waals surface area contributed by atoms with E-state index >= 15 is 0 Å². The van der Waals surface area contributed by atoms with Gasteiger partial charge in [0.15, 0.2) is 0 Å². The maximum atomic E-state index is 9.25. The molecular formula is C16H29N3. The van der Waals surface area contributed by atoms with Gasteiger partial charge >= 0.3 is 0 Å². The molecule has 108 valence electrons. The summed E-state index contributed by atoms with van der Waals surface area (Å²) in [6.45, 7) is 10.6. The minimum atomic E-state index is -0.539. The van der Waals surface area contributed by atoms with Crippen molar-refractivity contribution < 1.29 is 0 Å². The smallest absolute Gasteiger partial charge is 0.107 e. The van der Waals surface area contributed by atoms with E-state index in [0.29, 0.717) is 11.3 Å². The average Bonchev–Trinajstić information content (AvgIpc) is 2.93. The molecule has 1 aliphatic heterocycles. The van der Waals surface area contributed by atoms with E-state index in [9.17, 15) is 5.26 Å². The first-order valence-electron chi connectivity index (χ1n) is 7.77. The quantitative estimate of drug-likeness (QED) is 0.852. The van der Waals surface area contributed by atoms with Crippen molar-refractivity contribution in [2.24, 2.45) is 23.0 Å². The third-order valence-corrected chi connectivity index (χ3v) is 5.37. The topological polar surface area (TPSA) is 53.0 Å². The van der Waals surface area contributed by atoms with E-state index in [-0.39, 0.29) is 0 Å². The van der Waals surface area contributed by atoms with E-state index in [1.165, 1.54) is 19.5 Å². The fourth-order valence-corrected chi connectivity index (χ4v) is 3.73. The Bertz CT molecular complexity index is 352. The fourth-order valence-electron chi connectivity index (χ4n) is 3.73. The van der Waals surface area contributed by atoms with Crippen molar-refractivity contribution in [1.82, 2.24) is 4.90 Å². The minimum absolute atomic E-state index is 0.409. The third kappa shape index (κ3) is 3.30. The Morgan fingerprint density at radius 1 is 1.37 bits per heavy atom. The average molecular weight is 263 g/mol. The van der Waals surface area contributed by atoms with Gasteiger partial charge in [-0.2, -0.15) is 5.26 Å². The molecule has 1 saturated carbocycles. The predicted molar refractivity (Wildman–Crippen MR) is 78.5 cm³/mol. The molecule has 2 fully saturated rings. The number of nitrogens with zero attached hydrogens (tertiary/aromatic N) is 2. The Morgan fingerprint density at radius 2 is 2.11 bits per heavy atom. The molecule has 1 heterocycles. The van der Waals surface area contributed by atoms with Gasteiger partial charge in [-0.15, -0.1) is 0 Å². The zero-order valence-corrected chi connectivity index (χ0v) is 12.8. The summed E-state index contributed by atoms with van der Waals surface area (Å²) in [6, 6.07) is 2.36. The summed E-state index contributed by atoms with van der Waals surface area (Å²) >= 11 is 0. The summed E-state index contributed by atoms with van der Waals surface area (Å²) in [5.74, 6) is 1.22. The first-order valence-corrected chi connectivity index (χ1v) is 7.77. The summed E-state index contributed by atoms with van der Waals surface area (Å²) in [7, 11) is 0. The van der Waals surface area contributed by atoms with Crippen LogP contribution in [0.4, 0.5) is 0 Å². The van der Waals surface area contributed by atoms with E-state index in [1.54, 1.807) is 0 Å². The number of hydrogen-bond donors (Lipinski definition) is 1. The van der Waals surface area contributed by atoms with Crippen LogP contribution in [0.15, 0.2) is 0 Å². The summed E-state index contributed by atoms with van der Waals surface area (Å²) in [5, 5.41) is 9.25. The standard InChI is InChI=1S/C16H29N3/c1-15(2,3)14-7-10-19(11-14)9-6-13-5-4-8-16(13,18)12-17/h13-14H,4-11,18H2,1-3H3. The Morgan fingerprint density at radius 3 is 2.68 bits per heavy atom. The molecule has 2 aliphatic rings. The zero-order valence-electron chi connectivity index (χ0n) is 12.8. The molecule has 3 unspecified atom stereocenters. The normalized spacial score (nSPS) is 36.6. The Kier molecular flexibility index (Phi) is 4.23. The van der Waals surface area contributed by atoms with Crippen LogP contribution in [0.2, 0.25) is 0 Å². The molecule has 19 heavy (non-hydrogen) atoms. The number of rotatable bonds is 3. The monoisotopic (exact) mass is 263 g/mol. The number of nitrogens with two attached hydrogens (primary N) is 1. The van der Waals surface area contributed by atoms with Crippen molar-refractivity contribution in [3.05, 3.63) is 0 Å². The second-order valence-electron chi connectivity index (χ2n) is 7.68. The minimum Gasteiger partial charge on any atom is -0.313 e. The lowest BCUT2D eigenvalue weighted by atomic mass is 9.80. The van der Waals surface area contributed by atoms with Gasteiger partial charge in [0, 0.05) is 6.54 Å². The van der Waals surface area contributed by atoms with Gasteiger partial charge in [0.25, 0.3) is 0 Å². The molecule has 3 atom stereocenters. The molecule has 3 heteroatoms. The molecule has 2 rings (SSSR count). The van der Waals surface area contributed by atoms with E-state index in [2.05, 4.69) is 31.7 Å². The maximum absolute atomic E-state index is 9.25. The van der Waals surface area contributed by atoms with Crippen molar-refractivity contribution in [2.45, 2.75) is 58.4 Å². The molecule has 0 aromatic rings. The number of likely N-dealkylation sites (tertiary alicyclic amines) is 1. The lowest BCUT2D eigenvalue weighted by Gasteiger charge is -2.28. The van der Waals surface area contributed by atoms with Crippen LogP contribution in [0.1, 0.15) is 52.9 Å². The highest BCUT2D eigenvalue weighted by atomic mass is 15.1. The van der Waals surface area contributed by atoms with Crippen molar-refractivity contribution in [3.63, 3.8) is 0 Å². The van der Waals surface area contributed by atoms with E-state index in [4.69, 9.17) is 5.73 Å². The SMILES string of the molecule is CC(C)(C)C1CCN(CCC2CCCC2(N)C#N)C1. The van der Waals surface area contributed by atoms with Gasteiger partial charge in [0.1, 0.15) is 5.54 Å². The molecule has 0 amide bonds. The molecule has 2 N–H and O–H groups in total. The second kappa shape index (κ2) is 5.42. The molecule has 1 aliphatic carbocycles. The lowest BCUT2D eigenvalue weighted by Crippen LogP contribution is -2.43. The summed E-state index contributed by atoms with van der Waals surface area (Å²) in [4.78, 5) is 2.58. The van der Waals surface area contributed by atoms with Crippen molar-refractivity contribution in [1.29, 1.82) is 5.26 Å². The maximum Gasteiger partial charge on any atom is 0.107 e. The largest absolute Gasteiger partial charge is 0.313 e. The highest BCUT2D eigenvalue weighted by Crippen LogP contribution is 2.37. The van der Waals surface area contributed by atoms with Gasteiger partial charge in [-0.25, -0.2) is 0 Å². The van der Waals surface area contributed by atoms with E-state index in [1.807, 2.05) is 0 Å². The summed E-state index contributed by atoms with van der Waals surface area (Å²) in [6.07, 6.45) is 5.57. The summed E-state index contributed by atoms with van der Waals surface area (Å²) < 4.78 is 0. The predicted octanol–water partition coefficient (Wildman–Crippen LogP) is 2.77. The Hall–Kier alpha value is -0.590. The van der Waals surface area contributed by atoms with Crippen molar-refractivity contribution in [3.8, 4) is 6.07 Å². The van der Waals surface area contributed by atoms with E-state index < -0.39 is 5.54 Å². The van der Waals surface area contributed by atoms with Gasteiger partial charge in [-0.3, -0.25) is 0 Å². The molecule has 0 aromatic heterocycles. The lowest BCUT2D eigenvalue weighted by molar-refractivity contribution is 0.218. The van der Waals surface area contributed by atoms with Gasteiger partial charge in [0.2, 0.25) is 0 Å². The molecule has 0 spiro atoms. The van der Waals surface area contributed by atoms with Crippen LogP contribution in [0.25, 0.3) is 0 Å². The first-order chi connectivity index (χ1) is 8.85. The first kappa shape index (κ1) is 14.8. The molecule has 0 aromatic carbocycles. The zero-order chi connectivity index (χ0) is 14.1. The number of nitriles is 1. The third-order valence-electron chi connectivity index (χ3n) is 5.37. The highest BCUT2D eigenvalue weighted by Gasteiger charge is 2.40. The fraction of sp³-hybridized carbons (Fsp3) is 0.938. The van der Waals surface area contributed by atoms with Crippen LogP contribution in [-0.2, 0) is 0 Å². The van der Waals surface area contributed by atoms with Crippen LogP contribution < -0.4 is 5.73 Å². The van der Waals surface area contributed by atoms with Crippen LogP contribution in [0.5, 0.6) is 0 Å². The van der Waals surface area contributed by atoms with Gasteiger partial charge < -0.3 is 10.6 Å². The van der Waals surface area contributed by atoms with Crippen LogP contribution in [0.3, 0.4) is 0 Å². The second-order valence-corrected chi connectivity index (χ2v) is 7.68. The van der Waals surface area contributed by atoms with Gasteiger partial charge in [0.05, 0.1) is 6.07 Å². The van der Waals surface area contributed by atoms with Crippen LogP contribution >= 0.6 is 0 Å². The van der Waals surface area contributed by atoms with Crippen molar-refractivity contribution in [2.75, 3.05) is 19.6 Å². The highest BCUT2D eigenvalue weighted by molar-refractivity contribution is 5.12. The molecule has 3 nitrogen and oxygen atoms in total. The Labute approximate surface area is 118 Å². The molecule has 0 radical (unpaired) electrons. The van der Waals surface area contributed by atoms with Crippen molar-refractivity contribution >= 4 is 0 Å². The van der Waals surface area contributed by atoms with Crippen LogP contribution in [0, 0.1) is 28.6 Å². The molecule has 0 bridgehead atoms.